The summed E-state index contributed by atoms with van der Waals surface area (Å²) in [7, 11) is 0. The summed E-state index contributed by atoms with van der Waals surface area (Å²) in [6.07, 6.45) is 4.71. The van der Waals surface area contributed by atoms with Gasteiger partial charge in [-0.1, -0.05) is 19.3 Å². The molecule has 8 heteroatoms. The summed E-state index contributed by atoms with van der Waals surface area (Å²) in [4.78, 5) is 38.9. The Kier molecular flexibility index (Phi) is 5.00. The van der Waals surface area contributed by atoms with Crippen LogP contribution in [0.5, 0.6) is 0 Å². The van der Waals surface area contributed by atoms with Crippen LogP contribution in [0.15, 0.2) is 36.4 Å². The molecule has 1 aliphatic carbocycles. The number of hydrogen-bond acceptors (Lipinski definition) is 3. The normalized spacial score (nSPS) is 16.7. The van der Waals surface area contributed by atoms with Gasteiger partial charge in [-0.15, -0.1) is 0 Å². The summed E-state index contributed by atoms with van der Waals surface area (Å²) >= 11 is 0. The van der Waals surface area contributed by atoms with Crippen LogP contribution in [0.4, 0.5) is 25.0 Å². The van der Waals surface area contributed by atoms with E-state index >= 15 is 0 Å². The van der Waals surface area contributed by atoms with Crippen LogP contribution < -0.4 is 10.6 Å². The monoisotopic (exact) mass is 399 g/mol. The molecule has 0 radical (unpaired) electrons. The van der Waals surface area contributed by atoms with Crippen molar-refractivity contribution in [3.8, 4) is 0 Å². The van der Waals surface area contributed by atoms with Crippen LogP contribution in [0.3, 0.4) is 0 Å². The molecular weight excluding hydrogens is 380 g/mol. The van der Waals surface area contributed by atoms with E-state index in [-0.39, 0.29) is 34.8 Å². The number of benzene rings is 2. The zero-order valence-electron chi connectivity index (χ0n) is 15.5. The number of amides is 4. The largest absolute Gasteiger partial charge is 0.323 e. The van der Waals surface area contributed by atoms with Crippen molar-refractivity contribution in [2.24, 2.45) is 0 Å². The van der Waals surface area contributed by atoms with E-state index in [0.29, 0.717) is 11.6 Å². The molecule has 4 amide bonds. The van der Waals surface area contributed by atoms with E-state index in [1.54, 1.807) is 0 Å². The number of nitrogens with zero attached hydrogens (tertiary/aromatic N) is 1. The zero-order chi connectivity index (χ0) is 20.5. The zero-order valence-corrected chi connectivity index (χ0v) is 15.5. The maximum absolute atomic E-state index is 13.7. The van der Waals surface area contributed by atoms with Gasteiger partial charge in [-0.05, 0) is 43.2 Å². The molecule has 0 unspecified atom stereocenters. The van der Waals surface area contributed by atoms with Crippen LogP contribution >= 0.6 is 0 Å². The Morgan fingerprint density at radius 1 is 0.897 bits per heavy atom. The molecule has 2 aromatic rings. The number of rotatable bonds is 3. The van der Waals surface area contributed by atoms with Crippen LogP contribution in [0.25, 0.3) is 0 Å². The average Bonchev–Trinajstić information content (AvgIpc) is 2.95. The first kappa shape index (κ1) is 19.0. The minimum Gasteiger partial charge on any atom is -0.308 e. The van der Waals surface area contributed by atoms with E-state index in [2.05, 4.69) is 10.6 Å². The van der Waals surface area contributed by atoms with Gasteiger partial charge < -0.3 is 10.6 Å². The highest BCUT2D eigenvalue weighted by molar-refractivity contribution is 6.22. The molecule has 4 rings (SSSR count). The fourth-order valence-electron chi connectivity index (χ4n) is 3.88. The number of urea groups is 1. The van der Waals surface area contributed by atoms with E-state index < -0.39 is 17.7 Å². The molecule has 2 N–H and O–H groups in total. The van der Waals surface area contributed by atoms with E-state index in [0.717, 1.165) is 44.2 Å². The van der Waals surface area contributed by atoms with Gasteiger partial charge in [0, 0.05) is 17.8 Å². The maximum atomic E-state index is 13.7. The van der Waals surface area contributed by atoms with Gasteiger partial charge in [-0.25, -0.2) is 13.6 Å². The van der Waals surface area contributed by atoms with Gasteiger partial charge in [-0.3, -0.25) is 14.5 Å². The molecule has 0 bridgehead atoms. The van der Waals surface area contributed by atoms with E-state index in [9.17, 15) is 23.2 Å². The second-order valence-electron chi connectivity index (χ2n) is 7.24. The predicted octanol–water partition coefficient (Wildman–Crippen LogP) is 4.54. The fourth-order valence-corrected chi connectivity index (χ4v) is 3.88. The molecule has 29 heavy (non-hydrogen) atoms. The van der Waals surface area contributed by atoms with Gasteiger partial charge >= 0.3 is 6.03 Å². The molecular formula is C21H19F2N3O3. The minimum absolute atomic E-state index is 0.0858. The topological polar surface area (TPSA) is 78.5 Å². The number of hydrogen-bond donors (Lipinski definition) is 2. The fraction of sp³-hybridized carbons (Fsp3) is 0.286. The summed E-state index contributed by atoms with van der Waals surface area (Å²) in [5.41, 5.74) is 0.664. The van der Waals surface area contributed by atoms with Crippen molar-refractivity contribution in [1.82, 2.24) is 4.90 Å². The second-order valence-corrected chi connectivity index (χ2v) is 7.24. The van der Waals surface area contributed by atoms with Crippen molar-refractivity contribution >= 4 is 29.2 Å². The van der Waals surface area contributed by atoms with Crippen LogP contribution in [-0.2, 0) is 0 Å². The van der Waals surface area contributed by atoms with E-state index in [1.165, 1.54) is 23.1 Å². The summed E-state index contributed by atoms with van der Waals surface area (Å²) < 4.78 is 26.6. The third-order valence-electron chi connectivity index (χ3n) is 5.30. The van der Waals surface area contributed by atoms with E-state index in [4.69, 9.17) is 0 Å². The number of nitrogens with one attached hydrogen (secondary N) is 2. The lowest BCUT2D eigenvalue weighted by Crippen LogP contribution is -2.40. The molecule has 2 aliphatic rings. The Bertz CT molecular complexity index is 1000. The van der Waals surface area contributed by atoms with Gasteiger partial charge in [0.15, 0.2) is 0 Å². The van der Waals surface area contributed by atoms with Crippen LogP contribution in [0.2, 0.25) is 0 Å². The lowest BCUT2D eigenvalue weighted by Gasteiger charge is -2.29. The van der Waals surface area contributed by atoms with Gasteiger partial charge in [0.2, 0.25) is 0 Å². The number of carbonyl (C=O) groups excluding carboxylic acids is 3. The first-order valence-corrected chi connectivity index (χ1v) is 9.49. The van der Waals surface area contributed by atoms with Crippen LogP contribution in [-0.4, -0.2) is 28.8 Å². The summed E-state index contributed by atoms with van der Waals surface area (Å²) in [5.74, 6) is -2.32. The summed E-state index contributed by atoms with van der Waals surface area (Å²) in [5, 5.41) is 4.78. The molecule has 1 saturated carbocycles. The predicted molar refractivity (Wildman–Crippen MR) is 103 cm³/mol. The number of anilines is 2. The standard InChI is InChI=1S/C21H19F2N3O3/c22-12-6-9-18(17(23)10-12)25-21(29)24-13-7-8-15-16(11-13)20(28)26(19(15)27)14-4-2-1-3-5-14/h6-11,14H,1-5H2,(H2,24,25,29). The van der Waals surface area contributed by atoms with E-state index in [1.807, 2.05) is 0 Å². The quantitative estimate of drug-likeness (QED) is 0.744. The molecule has 1 fully saturated rings. The van der Waals surface area contributed by atoms with Crippen molar-refractivity contribution in [3.05, 3.63) is 59.2 Å². The Morgan fingerprint density at radius 3 is 2.34 bits per heavy atom. The average molecular weight is 399 g/mol. The third-order valence-corrected chi connectivity index (χ3v) is 5.30. The molecule has 0 saturated heterocycles. The van der Waals surface area contributed by atoms with Crippen molar-refractivity contribution in [2.75, 3.05) is 10.6 Å². The van der Waals surface area contributed by atoms with Gasteiger partial charge in [0.25, 0.3) is 11.8 Å². The highest BCUT2D eigenvalue weighted by Gasteiger charge is 2.40. The van der Waals surface area contributed by atoms with Crippen molar-refractivity contribution in [1.29, 1.82) is 0 Å². The Morgan fingerprint density at radius 2 is 1.62 bits per heavy atom. The molecule has 2 aromatic carbocycles. The molecule has 0 atom stereocenters. The van der Waals surface area contributed by atoms with Gasteiger partial charge in [0.1, 0.15) is 11.6 Å². The lowest BCUT2D eigenvalue weighted by atomic mass is 9.94. The van der Waals surface area contributed by atoms with Crippen molar-refractivity contribution < 1.29 is 23.2 Å². The number of carbonyl (C=O) groups is 3. The first-order chi connectivity index (χ1) is 13.9. The molecule has 150 valence electrons. The minimum atomic E-state index is -0.905. The van der Waals surface area contributed by atoms with Gasteiger partial charge in [-0.2, -0.15) is 0 Å². The Labute approximate surface area is 165 Å². The SMILES string of the molecule is O=C(Nc1ccc2c(c1)C(=O)N(C1CCCCC1)C2=O)Nc1ccc(F)cc1F. The molecule has 0 spiro atoms. The Balaban J connectivity index is 1.49. The highest BCUT2D eigenvalue weighted by atomic mass is 19.1. The number of fused-ring (bicyclic) bond motifs is 1. The van der Waals surface area contributed by atoms with Crippen molar-refractivity contribution in [3.63, 3.8) is 0 Å². The summed E-state index contributed by atoms with van der Waals surface area (Å²) in [6.45, 7) is 0. The molecule has 0 aromatic heterocycles. The lowest BCUT2D eigenvalue weighted by molar-refractivity contribution is 0.0549. The smallest absolute Gasteiger partial charge is 0.308 e. The highest BCUT2D eigenvalue weighted by Crippen LogP contribution is 2.32. The van der Waals surface area contributed by atoms with Crippen LogP contribution in [0.1, 0.15) is 52.8 Å². The third kappa shape index (κ3) is 3.70. The summed E-state index contributed by atoms with van der Waals surface area (Å²) in [6, 6.07) is 6.42. The second kappa shape index (κ2) is 7.62. The molecule has 1 heterocycles. The molecule has 6 nitrogen and oxygen atoms in total. The van der Waals surface area contributed by atoms with Crippen LogP contribution in [0, 0.1) is 11.6 Å². The number of halogens is 2. The first-order valence-electron chi connectivity index (χ1n) is 9.49. The molecule has 1 aliphatic heterocycles. The Hall–Kier alpha value is -3.29. The van der Waals surface area contributed by atoms with Gasteiger partial charge in [0.05, 0.1) is 16.8 Å². The number of imide groups is 1. The van der Waals surface area contributed by atoms with Crippen molar-refractivity contribution in [2.45, 2.75) is 38.1 Å². The maximum Gasteiger partial charge on any atom is 0.323 e.